The summed E-state index contributed by atoms with van der Waals surface area (Å²) in [7, 11) is 0. The molecule has 3 N–H and O–H groups in total. The number of nitrogens with one attached hydrogen (secondary N) is 1. The number of hydrogen-bond donors (Lipinski definition) is 3. The number of carbonyl (C=O) groups is 2. The fourth-order valence-corrected chi connectivity index (χ4v) is 3.76. The zero-order valence-corrected chi connectivity index (χ0v) is 19.7. The van der Waals surface area contributed by atoms with Gasteiger partial charge in [-0.3, -0.25) is 9.59 Å². The van der Waals surface area contributed by atoms with Gasteiger partial charge in [0.25, 0.3) is 0 Å². The van der Waals surface area contributed by atoms with E-state index in [2.05, 4.69) is 10.3 Å². The third kappa shape index (κ3) is 7.88. The van der Waals surface area contributed by atoms with Crippen LogP contribution >= 0.6 is 0 Å². The van der Waals surface area contributed by atoms with Gasteiger partial charge in [0.1, 0.15) is 17.7 Å². The van der Waals surface area contributed by atoms with Crippen molar-refractivity contribution in [1.29, 1.82) is 0 Å². The van der Waals surface area contributed by atoms with E-state index in [1.165, 1.54) is 0 Å². The number of carbonyl (C=O) groups excluding carboxylic acids is 2. The van der Waals surface area contributed by atoms with Crippen LogP contribution in [0.4, 0.5) is 0 Å². The van der Waals surface area contributed by atoms with Gasteiger partial charge >= 0.3 is 0 Å². The zero-order chi connectivity index (χ0) is 23.8. The highest BCUT2D eigenvalue weighted by molar-refractivity contribution is 5.83. The fourth-order valence-electron chi connectivity index (χ4n) is 3.76. The second-order valence-electron chi connectivity index (χ2n) is 8.91. The first kappa shape index (κ1) is 25.7. The summed E-state index contributed by atoms with van der Waals surface area (Å²) >= 11 is 0. The molecule has 0 saturated heterocycles. The maximum absolute atomic E-state index is 12.6. The number of Topliss-reactive ketones (excluding diaryl/α,β-unsaturated/α-hetero) is 1. The van der Waals surface area contributed by atoms with E-state index >= 15 is 0 Å². The van der Waals surface area contributed by atoms with Crippen LogP contribution < -0.4 is 5.32 Å². The molecule has 7 heteroatoms. The quantitative estimate of drug-likeness (QED) is 0.643. The van der Waals surface area contributed by atoms with E-state index in [4.69, 9.17) is 4.42 Å². The van der Waals surface area contributed by atoms with Crippen LogP contribution in [-0.4, -0.2) is 45.1 Å². The van der Waals surface area contributed by atoms with Gasteiger partial charge in [0, 0.05) is 19.3 Å². The van der Waals surface area contributed by atoms with Gasteiger partial charge in [0.15, 0.2) is 5.89 Å². The molecule has 0 fully saturated rings. The highest BCUT2D eigenvalue weighted by atomic mass is 16.3. The van der Waals surface area contributed by atoms with Crippen LogP contribution in [0.3, 0.4) is 0 Å². The number of allylic oxidation sites excluding steroid dienone is 3. The molecule has 0 radical (unpaired) electrons. The number of oxazole rings is 1. The molecule has 0 aliphatic carbocycles. The van der Waals surface area contributed by atoms with Gasteiger partial charge in [0.05, 0.1) is 24.7 Å². The first-order valence-corrected chi connectivity index (χ1v) is 11.2. The predicted octanol–water partition coefficient (Wildman–Crippen LogP) is 3.51. The average Bonchev–Trinajstić information content (AvgIpc) is 3.13. The molecule has 1 aliphatic heterocycles. The topological polar surface area (TPSA) is 113 Å². The minimum Gasteiger partial charge on any atom is -0.449 e. The number of rotatable bonds is 2. The molecule has 7 nitrogen and oxygen atoms in total. The molecule has 1 amide bonds. The normalized spacial score (nSPS) is 29.5. The Kier molecular flexibility index (Phi) is 9.60. The van der Waals surface area contributed by atoms with Crippen molar-refractivity contribution in [2.75, 3.05) is 0 Å². The molecule has 0 spiro atoms. The predicted molar refractivity (Wildman–Crippen MR) is 124 cm³/mol. The van der Waals surface area contributed by atoms with Crippen molar-refractivity contribution in [3.63, 3.8) is 0 Å². The number of amides is 1. The van der Waals surface area contributed by atoms with Gasteiger partial charge in [-0.15, -0.1) is 0 Å². The number of aliphatic hydroxyl groups excluding tert-OH is 2. The Bertz CT molecular complexity index is 883. The monoisotopic (exact) mass is 444 g/mol. The van der Waals surface area contributed by atoms with Crippen LogP contribution in [0, 0.1) is 18.8 Å². The molecule has 1 aliphatic rings. The fraction of sp³-hybridized carbons (Fsp3) is 0.560. The summed E-state index contributed by atoms with van der Waals surface area (Å²) in [6.07, 6.45) is 8.41. The molecule has 176 valence electrons. The first-order valence-electron chi connectivity index (χ1n) is 11.2. The van der Waals surface area contributed by atoms with Crippen LogP contribution in [0.15, 0.2) is 40.1 Å². The van der Waals surface area contributed by atoms with Crippen molar-refractivity contribution < 1.29 is 24.2 Å². The van der Waals surface area contributed by atoms with Gasteiger partial charge in [0.2, 0.25) is 5.91 Å². The lowest BCUT2D eigenvalue weighted by molar-refractivity contribution is -0.130. The van der Waals surface area contributed by atoms with Crippen LogP contribution in [0.5, 0.6) is 0 Å². The Hall–Kier alpha value is -2.51. The summed E-state index contributed by atoms with van der Waals surface area (Å²) in [4.78, 5) is 29.4. The first-order chi connectivity index (χ1) is 15.1. The lowest BCUT2D eigenvalue weighted by Crippen LogP contribution is -2.38. The summed E-state index contributed by atoms with van der Waals surface area (Å²) in [6, 6.07) is -0.293. The Morgan fingerprint density at radius 2 is 1.91 bits per heavy atom. The Morgan fingerprint density at radius 3 is 2.56 bits per heavy atom. The molecule has 5 atom stereocenters. The van der Waals surface area contributed by atoms with Crippen molar-refractivity contribution >= 4 is 17.8 Å². The Morgan fingerprint density at radius 1 is 1.19 bits per heavy atom. The molecule has 0 unspecified atom stereocenters. The molecule has 32 heavy (non-hydrogen) atoms. The molecule has 2 heterocycles. The van der Waals surface area contributed by atoms with Crippen molar-refractivity contribution in [3.05, 3.63) is 47.2 Å². The number of aryl methyl sites for hydroxylation is 1. The van der Waals surface area contributed by atoms with Gasteiger partial charge in [-0.1, -0.05) is 37.6 Å². The number of aliphatic hydroxyl groups is 2. The van der Waals surface area contributed by atoms with Gasteiger partial charge in [-0.05, 0) is 44.3 Å². The molecular formula is C25H36N2O5. The van der Waals surface area contributed by atoms with Crippen LogP contribution in [0.25, 0.3) is 6.08 Å². The van der Waals surface area contributed by atoms with E-state index in [0.717, 1.165) is 11.1 Å². The maximum Gasteiger partial charge on any atom is 0.223 e. The summed E-state index contributed by atoms with van der Waals surface area (Å²) in [5.41, 5.74) is 2.61. The summed E-state index contributed by atoms with van der Waals surface area (Å²) in [6.45, 7) is 9.24. The minimum atomic E-state index is -1.10. The SMILES string of the molecule is CC1=CC[C@@H](C(C)=Cc2coc(C)n2)NC(=O)C[C@H](O)CC(=O)[C@H](C)[C@@H](O)[C@@H](C)CC=C1. The highest BCUT2D eigenvalue weighted by Gasteiger charge is 2.28. The molecule has 2 rings (SSSR count). The van der Waals surface area contributed by atoms with E-state index in [9.17, 15) is 19.8 Å². The third-order valence-corrected chi connectivity index (χ3v) is 5.92. The second kappa shape index (κ2) is 11.9. The maximum atomic E-state index is 12.6. The number of ketones is 1. The van der Waals surface area contributed by atoms with Crippen LogP contribution in [-0.2, 0) is 9.59 Å². The number of aromatic nitrogens is 1. The van der Waals surface area contributed by atoms with Gasteiger partial charge in [-0.2, -0.15) is 0 Å². The molecule has 1 aromatic heterocycles. The van der Waals surface area contributed by atoms with Crippen molar-refractivity contribution in [2.24, 2.45) is 11.8 Å². The van der Waals surface area contributed by atoms with Gasteiger partial charge < -0.3 is 19.9 Å². The Labute approximate surface area is 190 Å². The molecule has 1 aromatic rings. The summed E-state index contributed by atoms with van der Waals surface area (Å²) < 4.78 is 5.25. The summed E-state index contributed by atoms with van der Waals surface area (Å²) in [5, 5.41) is 23.8. The lowest BCUT2D eigenvalue weighted by atomic mass is 9.86. The van der Waals surface area contributed by atoms with Crippen LogP contribution in [0.1, 0.15) is 65.0 Å². The minimum absolute atomic E-state index is 0.102. The average molecular weight is 445 g/mol. The van der Waals surface area contributed by atoms with Crippen molar-refractivity contribution in [2.45, 2.75) is 78.6 Å². The second-order valence-corrected chi connectivity index (χ2v) is 8.91. The van der Waals surface area contributed by atoms with E-state index in [1.54, 1.807) is 20.1 Å². The standard InChI is InChI=1S/C25H36N2O5/c1-15-7-6-8-16(2)25(31)18(4)23(29)12-21(28)13-24(30)27-22(10-9-15)17(3)11-20-14-32-19(5)26-20/h6-7,9,11,14,16,18,21-22,25,28,31H,8,10,12-13H2,1-5H3,(H,27,30)/t16-,18-,21+,22-,25-/m0/s1. The largest absolute Gasteiger partial charge is 0.449 e. The van der Waals surface area contributed by atoms with E-state index in [0.29, 0.717) is 24.4 Å². The molecular weight excluding hydrogens is 408 g/mol. The number of hydrogen-bond acceptors (Lipinski definition) is 6. The van der Waals surface area contributed by atoms with Gasteiger partial charge in [-0.25, -0.2) is 4.98 Å². The highest BCUT2D eigenvalue weighted by Crippen LogP contribution is 2.21. The smallest absolute Gasteiger partial charge is 0.223 e. The molecule has 0 aromatic carbocycles. The Balaban J connectivity index is 2.27. The lowest BCUT2D eigenvalue weighted by Gasteiger charge is -2.24. The number of nitrogens with zero attached hydrogens (tertiary/aromatic N) is 1. The van der Waals surface area contributed by atoms with E-state index < -0.39 is 18.1 Å². The molecule has 0 saturated carbocycles. The van der Waals surface area contributed by atoms with Crippen LogP contribution in [0.2, 0.25) is 0 Å². The third-order valence-electron chi connectivity index (χ3n) is 5.92. The summed E-state index contributed by atoms with van der Waals surface area (Å²) in [5.74, 6) is -0.728. The van der Waals surface area contributed by atoms with Crippen molar-refractivity contribution in [1.82, 2.24) is 10.3 Å². The van der Waals surface area contributed by atoms with E-state index in [1.807, 2.05) is 45.1 Å². The van der Waals surface area contributed by atoms with E-state index in [-0.39, 0.29) is 36.5 Å². The van der Waals surface area contributed by atoms with Crippen molar-refractivity contribution in [3.8, 4) is 0 Å². The zero-order valence-electron chi connectivity index (χ0n) is 19.7. The molecule has 0 bridgehead atoms.